The Bertz CT molecular complexity index is 713. The molecule has 2 aromatic rings. The molecule has 1 amide bonds. The summed E-state index contributed by atoms with van der Waals surface area (Å²) < 4.78 is 7.67. The third-order valence-corrected chi connectivity index (χ3v) is 4.29. The molecule has 3 heterocycles. The first-order valence-electron chi connectivity index (χ1n) is 8.05. The van der Waals surface area contributed by atoms with Gasteiger partial charge in [-0.05, 0) is 12.5 Å². The van der Waals surface area contributed by atoms with Crippen molar-refractivity contribution in [2.75, 3.05) is 25.6 Å². The van der Waals surface area contributed by atoms with Crippen molar-refractivity contribution in [2.45, 2.75) is 19.1 Å². The lowest BCUT2D eigenvalue weighted by molar-refractivity contribution is -0.127. The Morgan fingerprint density at radius 1 is 1.42 bits per heavy atom. The summed E-state index contributed by atoms with van der Waals surface area (Å²) in [5.41, 5.74) is 0.989. The van der Waals surface area contributed by atoms with E-state index in [1.54, 1.807) is 12.4 Å². The van der Waals surface area contributed by atoms with Gasteiger partial charge in [-0.2, -0.15) is 0 Å². The van der Waals surface area contributed by atoms with Crippen LogP contribution >= 0.6 is 0 Å². The summed E-state index contributed by atoms with van der Waals surface area (Å²) in [5, 5.41) is 3.02. The molecule has 0 unspecified atom stereocenters. The van der Waals surface area contributed by atoms with Gasteiger partial charge in [-0.3, -0.25) is 4.79 Å². The monoisotopic (exact) mass is 329 g/mol. The Labute approximate surface area is 141 Å². The highest BCUT2D eigenvalue weighted by molar-refractivity contribution is 5.79. The van der Waals surface area contributed by atoms with Gasteiger partial charge in [0.2, 0.25) is 5.91 Å². The molecule has 2 atom stereocenters. The molecule has 0 bridgehead atoms. The molecule has 7 heteroatoms. The Balaban J connectivity index is 1.68. The zero-order valence-electron chi connectivity index (χ0n) is 14.3. The van der Waals surface area contributed by atoms with Crippen molar-refractivity contribution in [2.24, 2.45) is 13.0 Å². The molecule has 2 aromatic heterocycles. The summed E-state index contributed by atoms with van der Waals surface area (Å²) in [6.45, 7) is 1.02. The molecule has 1 N–H and O–H groups in total. The predicted octanol–water partition coefficient (Wildman–Crippen LogP) is 1.28. The van der Waals surface area contributed by atoms with Crippen LogP contribution < -0.4 is 10.2 Å². The molecule has 3 rings (SSSR count). The predicted molar refractivity (Wildman–Crippen MR) is 90.4 cm³/mol. The number of imidazole rings is 1. The van der Waals surface area contributed by atoms with Gasteiger partial charge < -0.3 is 19.5 Å². The number of hydrogen-bond acceptors (Lipinski definition) is 5. The third kappa shape index (κ3) is 3.26. The van der Waals surface area contributed by atoms with Crippen molar-refractivity contribution in [1.82, 2.24) is 19.9 Å². The van der Waals surface area contributed by atoms with Crippen molar-refractivity contribution in [3.05, 3.63) is 42.1 Å². The molecule has 1 aliphatic rings. The van der Waals surface area contributed by atoms with Crippen molar-refractivity contribution in [3.8, 4) is 0 Å². The van der Waals surface area contributed by atoms with Crippen LogP contribution in [0, 0.1) is 5.92 Å². The number of amides is 1. The lowest BCUT2D eigenvalue weighted by Gasteiger charge is -2.19. The van der Waals surface area contributed by atoms with E-state index in [9.17, 15) is 4.79 Å². The number of carbonyl (C=O) groups excluding carboxylic acids is 1. The smallest absolute Gasteiger partial charge is 0.226 e. The Hall–Kier alpha value is -2.41. The van der Waals surface area contributed by atoms with Gasteiger partial charge in [0, 0.05) is 58.4 Å². The highest BCUT2D eigenvalue weighted by Crippen LogP contribution is 2.33. The highest BCUT2D eigenvalue weighted by atomic mass is 16.5. The number of ether oxygens (including phenoxy) is 1. The molecule has 1 fully saturated rings. The number of nitrogens with zero attached hydrogens (tertiary/aromatic N) is 4. The normalized spacial score (nSPS) is 20.1. The molecule has 0 aromatic carbocycles. The Kier molecular flexibility index (Phi) is 4.80. The van der Waals surface area contributed by atoms with E-state index in [1.807, 2.05) is 48.9 Å². The van der Waals surface area contributed by atoms with Crippen LogP contribution in [0.2, 0.25) is 0 Å². The van der Waals surface area contributed by atoms with Crippen LogP contribution in [-0.2, 0) is 23.1 Å². The molecule has 24 heavy (non-hydrogen) atoms. The minimum atomic E-state index is -0.285. The number of nitrogens with one attached hydrogen (secondary N) is 1. The zero-order valence-corrected chi connectivity index (χ0v) is 14.3. The standard InChI is InChI=1S/C17H23N5O2/c1-21(2)15-12(5-4-7-18-15)11-20-17(23)13-6-10-24-14(13)16-19-8-9-22(16)3/h4-5,7-9,13-14H,6,10-11H2,1-3H3,(H,20,23)/t13-,14-/m1/s1. The summed E-state index contributed by atoms with van der Waals surface area (Å²) in [7, 11) is 5.79. The first kappa shape index (κ1) is 16.4. The maximum atomic E-state index is 12.7. The minimum Gasteiger partial charge on any atom is -0.369 e. The molecule has 1 saturated heterocycles. The van der Waals surface area contributed by atoms with Crippen molar-refractivity contribution < 1.29 is 9.53 Å². The maximum absolute atomic E-state index is 12.7. The number of rotatable bonds is 5. The SMILES string of the molecule is CN(C)c1ncccc1CNC(=O)[C@@H]1CCO[C@H]1c1nccn1C. The second kappa shape index (κ2) is 7.00. The summed E-state index contributed by atoms with van der Waals surface area (Å²) in [4.78, 5) is 23.3. The largest absolute Gasteiger partial charge is 0.369 e. The van der Waals surface area contributed by atoms with E-state index in [-0.39, 0.29) is 17.9 Å². The van der Waals surface area contributed by atoms with E-state index in [2.05, 4.69) is 15.3 Å². The number of pyridine rings is 1. The van der Waals surface area contributed by atoms with Crippen LogP contribution in [-0.4, -0.2) is 41.1 Å². The molecule has 0 radical (unpaired) electrons. The molecule has 128 valence electrons. The van der Waals surface area contributed by atoms with Crippen molar-refractivity contribution >= 4 is 11.7 Å². The zero-order chi connectivity index (χ0) is 17.1. The maximum Gasteiger partial charge on any atom is 0.226 e. The van der Waals surface area contributed by atoms with Gasteiger partial charge in [-0.15, -0.1) is 0 Å². The van der Waals surface area contributed by atoms with Crippen LogP contribution in [0.4, 0.5) is 5.82 Å². The van der Waals surface area contributed by atoms with Crippen LogP contribution in [0.3, 0.4) is 0 Å². The molecule has 0 aliphatic carbocycles. The van der Waals surface area contributed by atoms with Gasteiger partial charge in [-0.1, -0.05) is 6.07 Å². The average Bonchev–Trinajstić information content (AvgIpc) is 3.21. The number of aromatic nitrogens is 3. The number of carbonyl (C=O) groups is 1. The van der Waals surface area contributed by atoms with Crippen LogP contribution in [0.15, 0.2) is 30.7 Å². The van der Waals surface area contributed by atoms with Crippen LogP contribution in [0.5, 0.6) is 0 Å². The summed E-state index contributed by atoms with van der Waals surface area (Å²) in [5.74, 6) is 1.43. The van der Waals surface area contributed by atoms with Crippen LogP contribution in [0.25, 0.3) is 0 Å². The Morgan fingerprint density at radius 2 is 2.25 bits per heavy atom. The summed E-state index contributed by atoms with van der Waals surface area (Å²) >= 11 is 0. The topological polar surface area (TPSA) is 72.3 Å². The van der Waals surface area contributed by atoms with Gasteiger partial charge in [0.1, 0.15) is 17.7 Å². The molecule has 1 aliphatic heterocycles. The van der Waals surface area contributed by atoms with E-state index in [1.165, 1.54) is 0 Å². The minimum absolute atomic E-state index is 0.00550. The van der Waals surface area contributed by atoms with E-state index < -0.39 is 0 Å². The summed E-state index contributed by atoms with van der Waals surface area (Å²) in [6, 6.07) is 3.86. The average molecular weight is 329 g/mol. The second-order valence-electron chi connectivity index (χ2n) is 6.18. The van der Waals surface area contributed by atoms with Gasteiger partial charge in [-0.25, -0.2) is 9.97 Å². The lowest BCUT2D eigenvalue weighted by atomic mass is 9.99. The van der Waals surface area contributed by atoms with Gasteiger partial charge in [0.05, 0.1) is 5.92 Å². The molecule has 0 spiro atoms. The Morgan fingerprint density at radius 3 is 2.96 bits per heavy atom. The van der Waals surface area contributed by atoms with E-state index in [4.69, 9.17) is 4.74 Å². The van der Waals surface area contributed by atoms with Crippen molar-refractivity contribution in [1.29, 1.82) is 0 Å². The first-order valence-corrected chi connectivity index (χ1v) is 8.05. The van der Waals surface area contributed by atoms with Gasteiger partial charge >= 0.3 is 0 Å². The van der Waals surface area contributed by atoms with E-state index in [0.717, 1.165) is 17.2 Å². The fourth-order valence-corrected chi connectivity index (χ4v) is 3.05. The quantitative estimate of drug-likeness (QED) is 0.894. The lowest BCUT2D eigenvalue weighted by Crippen LogP contribution is -2.33. The van der Waals surface area contributed by atoms with Crippen molar-refractivity contribution in [3.63, 3.8) is 0 Å². The number of aryl methyl sites for hydroxylation is 1. The van der Waals surface area contributed by atoms with Gasteiger partial charge in [0.15, 0.2) is 0 Å². The molecule has 0 saturated carbocycles. The number of hydrogen-bond donors (Lipinski definition) is 1. The fourth-order valence-electron chi connectivity index (χ4n) is 3.05. The van der Waals surface area contributed by atoms with Crippen LogP contribution in [0.1, 0.15) is 23.9 Å². The summed E-state index contributed by atoms with van der Waals surface area (Å²) in [6.07, 6.45) is 5.77. The van der Waals surface area contributed by atoms with E-state index >= 15 is 0 Å². The fraction of sp³-hybridized carbons (Fsp3) is 0.471. The third-order valence-electron chi connectivity index (χ3n) is 4.29. The second-order valence-corrected chi connectivity index (χ2v) is 6.18. The molecule has 7 nitrogen and oxygen atoms in total. The van der Waals surface area contributed by atoms with Gasteiger partial charge in [0.25, 0.3) is 0 Å². The number of anilines is 1. The molecular formula is C17H23N5O2. The first-order chi connectivity index (χ1) is 11.6. The highest BCUT2D eigenvalue weighted by Gasteiger charge is 2.37. The molecular weight excluding hydrogens is 306 g/mol. The van der Waals surface area contributed by atoms with E-state index in [0.29, 0.717) is 19.6 Å².